The number of rotatable bonds is 6. The van der Waals surface area contributed by atoms with Gasteiger partial charge in [0.15, 0.2) is 0 Å². The maximum Gasteiger partial charge on any atom is 0.332 e. The maximum atomic E-state index is 11.0. The molecule has 0 bridgehead atoms. The molecule has 0 saturated carbocycles. The van der Waals surface area contributed by atoms with Crippen molar-refractivity contribution in [3.05, 3.63) is 0 Å². The van der Waals surface area contributed by atoms with Gasteiger partial charge < -0.3 is 14.2 Å². The van der Waals surface area contributed by atoms with Crippen molar-refractivity contribution < 1.29 is 23.8 Å². The lowest BCUT2D eigenvalue weighted by atomic mass is 10.5. The summed E-state index contributed by atoms with van der Waals surface area (Å²) in [5.41, 5.74) is 0. The van der Waals surface area contributed by atoms with Crippen molar-refractivity contribution in [1.29, 1.82) is 0 Å². The van der Waals surface area contributed by atoms with E-state index in [0.29, 0.717) is 0 Å². The molecule has 0 aliphatic rings. The van der Waals surface area contributed by atoms with Crippen LogP contribution >= 0.6 is 0 Å². The van der Waals surface area contributed by atoms with Crippen molar-refractivity contribution >= 4 is 11.9 Å². The quantitative estimate of drug-likeness (QED) is 0.620. The molecule has 5 heteroatoms. The predicted octanol–water partition coefficient (Wildman–Crippen LogP) is 0.906. The van der Waals surface area contributed by atoms with Gasteiger partial charge in [0.25, 0.3) is 0 Å². The molecule has 0 aliphatic carbocycles. The van der Waals surface area contributed by atoms with Gasteiger partial charge in [-0.3, -0.25) is 0 Å². The second-order valence-electron chi connectivity index (χ2n) is 3.57. The highest BCUT2D eigenvalue weighted by molar-refractivity contribution is 5.73. The van der Waals surface area contributed by atoms with E-state index in [9.17, 15) is 9.59 Å². The average molecular weight is 218 g/mol. The van der Waals surface area contributed by atoms with E-state index in [1.807, 2.05) is 0 Å². The summed E-state index contributed by atoms with van der Waals surface area (Å²) in [6.07, 6.45) is -0.354. The lowest BCUT2D eigenvalue weighted by Crippen LogP contribution is -2.22. The second-order valence-corrected chi connectivity index (χ2v) is 3.57. The zero-order valence-corrected chi connectivity index (χ0v) is 9.61. The fourth-order valence-electron chi connectivity index (χ4n) is 0.812. The van der Waals surface area contributed by atoms with Crippen molar-refractivity contribution in [2.45, 2.75) is 39.9 Å². The van der Waals surface area contributed by atoms with Crippen molar-refractivity contribution in [3.63, 3.8) is 0 Å². The first-order valence-electron chi connectivity index (χ1n) is 4.88. The molecule has 88 valence electrons. The Labute approximate surface area is 89.7 Å². The van der Waals surface area contributed by atoms with Crippen LogP contribution in [0.5, 0.6) is 0 Å². The van der Waals surface area contributed by atoms with Gasteiger partial charge >= 0.3 is 11.9 Å². The monoisotopic (exact) mass is 218 g/mol. The molecule has 5 nitrogen and oxygen atoms in total. The van der Waals surface area contributed by atoms with Gasteiger partial charge in [0.2, 0.25) is 0 Å². The lowest BCUT2D eigenvalue weighted by Gasteiger charge is -2.09. The molecule has 0 heterocycles. The van der Waals surface area contributed by atoms with Crippen LogP contribution in [0.15, 0.2) is 0 Å². The highest BCUT2D eigenvalue weighted by Crippen LogP contribution is 1.92. The highest BCUT2D eigenvalue weighted by Gasteiger charge is 2.09. The number of carbonyl (C=O) groups excluding carboxylic acids is 2. The third-order valence-electron chi connectivity index (χ3n) is 1.17. The van der Waals surface area contributed by atoms with Gasteiger partial charge in [-0.05, 0) is 27.7 Å². The van der Waals surface area contributed by atoms with E-state index in [1.165, 1.54) is 0 Å². The molecule has 0 amide bonds. The molecule has 15 heavy (non-hydrogen) atoms. The number of ether oxygens (including phenoxy) is 3. The minimum Gasteiger partial charge on any atom is -0.461 e. The van der Waals surface area contributed by atoms with E-state index in [-0.39, 0.29) is 25.4 Å². The number of esters is 2. The summed E-state index contributed by atoms with van der Waals surface area (Å²) in [5.74, 6) is -0.968. The molecule has 0 spiro atoms. The van der Waals surface area contributed by atoms with Crippen LogP contribution in [0.2, 0.25) is 0 Å². The summed E-state index contributed by atoms with van der Waals surface area (Å²) in [4.78, 5) is 21.9. The van der Waals surface area contributed by atoms with Crippen LogP contribution in [0.4, 0.5) is 0 Å². The van der Waals surface area contributed by atoms with Gasteiger partial charge in [-0.15, -0.1) is 0 Å². The Balaban J connectivity index is 3.53. The molecular formula is C10H18O5. The zero-order valence-electron chi connectivity index (χ0n) is 9.61. The molecule has 0 saturated heterocycles. The van der Waals surface area contributed by atoms with Crippen LogP contribution in [0.25, 0.3) is 0 Å². The predicted molar refractivity (Wildman–Crippen MR) is 53.3 cm³/mol. The van der Waals surface area contributed by atoms with Crippen molar-refractivity contribution in [1.82, 2.24) is 0 Å². The Bertz CT molecular complexity index is 188. The Morgan fingerprint density at radius 2 is 1.20 bits per heavy atom. The molecular weight excluding hydrogens is 200 g/mol. The van der Waals surface area contributed by atoms with Gasteiger partial charge in [0.1, 0.15) is 13.2 Å². The average Bonchev–Trinajstić information content (AvgIpc) is 2.00. The van der Waals surface area contributed by atoms with Gasteiger partial charge in [-0.25, -0.2) is 9.59 Å². The summed E-state index contributed by atoms with van der Waals surface area (Å²) in [5, 5.41) is 0. The van der Waals surface area contributed by atoms with E-state index < -0.39 is 11.9 Å². The van der Waals surface area contributed by atoms with E-state index in [1.54, 1.807) is 27.7 Å². The summed E-state index contributed by atoms with van der Waals surface area (Å²) in [6.45, 7) is 6.50. The fourth-order valence-corrected chi connectivity index (χ4v) is 0.812. The van der Waals surface area contributed by atoms with Gasteiger partial charge in [-0.1, -0.05) is 0 Å². The van der Waals surface area contributed by atoms with Crippen LogP contribution in [-0.4, -0.2) is 37.4 Å². The first-order valence-corrected chi connectivity index (χ1v) is 4.88. The fraction of sp³-hybridized carbons (Fsp3) is 0.800. The molecule has 0 aliphatic heterocycles. The molecule has 0 rings (SSSR count). The molecule has 0 atom stereocenters. The van der Waals surface area contributed by atoms with Crippen molar-refractivity contribution in [3.8, 4) is 0 Å². The largest absolute Gasteiger partial charge is 0.461 e. The number of hydrogen-bond donors (Lipinski definition) is 0. The molecule has 0 fully saturated rings. The van der Waals surface area contributed by atoms with E-state index in [0.717, 1.165) is 0 Å². The van der Waals surface area contributed by atoms with Gasteiger partial charge in [-0.2, -0.15) is 0 Å². The Kier molecular flexibility index (Phi) is 6.70. The summed E-state index contributed by atoms with van der Waals surface area (Å²) in [7, 11) is 0. The first kappa shape index (κ1) is 13.9. The van der Waals surface area contributed by atoms with Gasteiger partial charge in [0.05, 0.1) is 12.2 Å². The second kappa shape index (κ2) is 7.23. The number of carbonyl (C=O) groups is 2. The van der Waals surface area contributed by atoms with E-state index in [2.05, 4.69) is 0 Å². The standard InChI is InChI=1S/C10H18O5/c1-7(2)14-9(11)5-13-6-10(12)15-8(3)4/h7-8H,5-6H2,1-4H3. The third kappa shape index (κ3) is 9.21. The minimum atomic E-state index is -0.484. The normalized spacial score (nSPS) is 10.5. The maximum absolute atomic E-state index is 11.0. The number of hydrogen-bond acceptors (Lipinski definition) is 5. The minimum absolute atomic E-state index is 0.177. The molecule has 0 radical (unpaired) electrons. The van der Waals surface area contributed by atoms with E-state index in [4.69, 9.17) is 14.2 Å². The van der Waals surface area contributed by atoms with Crippen LogP contribution in [-0.2, 0) is 23.8 Å². The SMILES string of the molecule is CC(C)OC(=O)COCC(=O)OC(C)C. The molecule has 0 unspecified atom stereocenters. The topological polar surface area (TPSA) is 61.8 Å². The summed E-state index contributed by atoms with van der Waals surface area (Å²) in [6, 6.07) is 0. The molecule has 0 aromatic carbocycles. The van der Waals surface area contributed by atoms with E-state index >= 15 is 0 Å². The van der Waals surface area contributed by atoms with Crippen LogP contribution in [0, 0.1) is 0 Å². The zero-order chi connectivity index (χ0) is 11.8. The van der Waals surface area contributed by atoms with Crippen LogP contribution in [0.1, 0.15) is 27.7 Å². The van der Waals surface area contributed by atoms with Crippen molar-refractivity contribution in [2.24, 2.45) is 0 Å². The molecule has 0 N–H and O–H groups in total. The Morgan fingerprint density at radius 1 is 0.867 bits per heavy atom. The summed E-state index contributed by atoms with van der Waals surface area (Å²) < 4.78 is 14.4. The molecule has 0 aromatic heterocycles. The third-order valence-corrected chi connectivity index (χ3v) is 1.17. The van der Waals surface area contributed by atoms with Gasteiger partial charge in [0, 0.05) is 0 Å². The van der Waals surface area contributed by atoms with Crippen LogP contribution < -0.4 is 0 Å². The lowest BCUT2D eigenvalue weighted by molar-refractivity contribution is -0.159. The van der Waals surface area contributed by atoms with Crippen molar-refractivity contribution in [2.75, 3.05) is 13.2 Å². The highest BCUT2D eigenvalue weighted by atomic mass is 16.6. The first-order chi connectivity index (χ1) is 6.91. The molecule has 0 aromatic rings. The Morgan fingerprint density at radius 3 is 1.47 bits per heavy atom. The smallest absolute Gasteiger partial charge is 0.332 e. The Hall–Kier alpha value is -1.10. The summed E-state index contributed by atoms with van der Waals surface area (Å²) >= 11 is 0. The van der Waals surface area contributed by atoms with Crippen LogP contribution in [0.3, 0.4) is 0 Å².